The summed E-state index contributed by atoms with van der Waals surface area (Å²) in [6.07, 6.45) is 0. The number of pyridine rings is 1. The average Bonchev–Trinajstić information content (AvgIpc) is 2.61. The van der Waals surface area contributed by atoms with Gasteiger partial charge in [0.25, 0.3) is 5.91 Å². The molecule has 0 aliphatic heterocycles. The molecule has 1 aromatic heterocycles. The van der Waals surface area contributed by atoms with Gasteiger partial charge >= 0.3 is 0 Å². The van der Waals surface area contributed by atoms with Gasteiger partial charge in [0, 0.05) is 19.3 Å². The number of fused-ring (bicyclic) bond motifs is 1. The maximum Gasteiger partial charge on any atom is 0.267 e. The maximum absolute atomic E-state index is 13.0. The summed E-state index contributed by atoms with van der Waals surface area (Å²) >= 11 is 6.17. The number of anilines is 1. The van der Waals surface area contributed by atoms with E-state index >= 15 is 0 Å². The molecule has 0 radical (unpaired) electrons. The number of hydrogen-bond acceptors (Lipinski definition) is 3. The third kappa shape index (κ3) is 4.27. The van der Waals surface area contributed by atoms with Crippen LogP contribution in [-0.4, -0.2) is 22.1 Å². The molecule has 0 saturated carbocycles. The van der Waals surface area contributed by atoms with Gasteiger partial charge in [-0.2, -0.15) is 0 Å². The highest BCUT2D eigenvalue weighted by Gasteiger charge is 2.26. The van der Waals surface area contributed by atoms with Crippen molar-refractivity contribution in [2.75, 3.05) is 11.4 Å². The van der Waals surface area contributed by atoms with Crippen molar-refractivity contribution in [3.05, 3.63) is 69.3 Å². The average molecular weight is 446 g/mol. The highest BCUT2D eigenvalue weighted by atomic mass is 35.5. The summed E-state index contributed by atoms with van der Waals surface area (Å²) in [6, 6.07) is 14.0. The standard InChI is InChI=1S/C19H17ClN2O3.CH4.2ClH/c1-3-22(12-8-5-4-6-9-12)19(25)16-17(23)15-13(20)10-7-11-14(15)21(2)18(16)24;;;/h4-11,24H,3H2,1-2H3;1H4;2*1H. The summed E-state index contributed by atoms with van der Waals surface area (Å²) < 4.78 is 1.40. The van der Waals surface area contributed by atoms with Gasteiger partial charge in [-0.3, -0.25) is 9.59 Å². The first-order valence-electron chi connectivity index (χ1n) is 7.84. The molecule has 152 valence electrons. The highest BCUT2D eigenvalue weighted by molar-refractivity contribution is 6.35. The van der Waals surface area contributed by atoms with E-state index in [-0.39, 0.29) is 54.1 Å². The molecule has 3 aromatic rings. The van der Waals surface area contributed by atoms with Crippen molar-refractivity contribution in [2.24, 2.45) is 7.05 Å². The minimum atomic E-state index is -0.574. The lowest BCUT2D eigenvalue weighted by Gasteiger charge is -2.22. The van der Waals surface area contributed by atoms with Crippen LogP contribution >= 0.6 is 36.4 Å². The molecule has 0 spiro atoms. The molecule has 1 N–H and O–H groups in total. The number of aryl methyl sites for hydroxylation is 1. The Morgan fingerprint density at radius 2 is 1.71 bits per heavy atom. The lowest BCUT2D eigenvalue weighted by molar-refractivity contribution is 0.0983. The van der Waals surface area contributed by atoms with Crippen LogP contribution in [0.2, 0.25) is 5.02 Å². The molecule has 2 aromatic carbocycles. The quantitative estimate of drug-likeness (QED) is 0.614. The Hall–Kier alpha value is -2.21. The van der Waals surface area contributed by atoms with Crippen molar-refractivity contribution in [3.8, 4) is 5.88 Å². The van der Waals surface area contributed by atoms with Crippen molar-refractivity contribution >= 4 is 58.9 Å². The van der Waals surface area contributed by atoms with Crippen LogP contribution in [0.5, 0.6) is 5.88 Å². The zero-order valence-electron chi connectivity index (χ0n) is 14.7. The van der Waals surface area contributed by atoms with Crippen LogP contribution in [0.4, 0.5) is 5.69 Å². The fourth-order valence-electron chi connectivity index (χ4n) is 2.90. The smallest absolute Gasteiger partial charge is 0.267 e. The lowest BCUT2D eigenvalue weighted by Crippen LogP contribution is -2.35. The molecule has 0 saturated heterocycles. The maximum atomic E-state index is 13.0. The molecule has 1 heterocycles. The van der Waals surface area contributed by atoms with Crippen LogP contribution in [0.3, 0.4) is 0 Å². The molecule has 5 nitrogen and oxygen atoms in total. The second kappa shape index (κ2) is 10.4. The van der Waals surface area contributed by atoms with Crippen molar-refractivity contribution < 1.29 is 9.90 Å². The van der Waals surface area contributed by atoms with Crippen LogP contribution in [-0.2, 0) is 7.05 Å². The van der Waals surface area contributed by atoms with Gasteiger partial charge in [-0.15, -0.1) is 24.8 Å². The number of benzene rings is 2. The molecule has 0 aliphatic rings. The van der Waals surface area contributed by atoms with E-state index in [0.29, 0.717) is 17.7 Å². The van der Waals surface area contributed by atoms with E-state index in [1.807, 2.05) is 6.07 Å². The molecular formula is C20H23Cl3N2O3. The topological polar surface area (TPSA) is 62.5 Å². The zero-order valence-corrected chi connectivity index (χ0v) is 17.1. The molecular weight excluding hydrogens is 423 g/mol. The number of para-hydroxylation sites is 1. The Morgan fingerprint density at radius 3 is 2.29 bits per heavy atom. The Kier molecular flexibility index (Phi) is 9.55. The summed E-state index contributed by atoms with van der Waals surface area (Å²) in [7, 11) is 1.59. The molecule has 0 unspecified atom stereocenters. The number of halogens is 3. The fraction of sp³-hybridized carbons (Fsp3) is 0.200. The van der Waals surface area contributed by atoms with Gasteiger partial charge in [-0.1, -0.05) is 43.3 Å². The number of hydrogen-bond donors (Lipinski definition) is 1. The number of aromatic hydroxyl groups is 1. The number of rotatable bonds is 3. The number of aromatic nitrogens is 1. The molecule has 1 amide bonds. The first kappa shape index (κ1) is 25.8. The Morgan fingerprint density at radius 1 is 1.11 bits per heavy atom. The first-order chi connectivity index (χ1) is 12.0. The van der Waals surface area contributed by atoms with Gasteiger partial charge in [0.15, 0.2) is 0 Å². The molecule has 0 fully saturated rings. The molecule has 8 heteroatoms. The first-order valence-corrected chi connectivity index (χ1v) is 8.22. The second-order valence-electron chi connectivity index (χ2n) is 5.61. The van der Waals surface area contributed by atoms with Gasteiger partial charge in [0.05, 0.1) is 15.9 Å². The van der Waals surface area contributed by atoms with Crippen molar-refractivity contribution in [1.29, 1.82) is 0 Å². The van der Waals surface area contributed by atoms with Crippen LogP contribution < -0.4 is 10.3 Å². The van der Waals surface area contributed by atoms with E-state index in [1.165, 1.54) is 9.47 Å². The summed E-state index contributed by atoms with van der Waals surface area (Å²) in [6.45, 7) is 2.16. The van der Waals surface area contributed by atoms with Gasteiger partial charge in [0.1, 0.15) is 5.56 Å². The molecule has 28 heavy (non-hydrogen) atoms. The molecule has 3 rings (SSSR count). The number of nitrogens with zero attached hydrogens (tertiary/aromatic N) is 2. The lowest BCUT2D eigenvalue weighted by atomic mass is 10.1. The van der Waals surface area contributed by atoms with Crippen LogP contribution in [0, 0.1) is 0 Å². The number of carbonyl (C=O) groups excluding carboxylic acids is 1. The van der Waals surface area contributed by atoms with Gasteiger partial charge in [-0.25, -0.2) is 0 Å². The van der Waals surface area contributed by atoms with Crippen molar-refractivity contribution in [1.82, 2.24) is 4.57 Å². The number of carbonyl (C=O) groups is 1. The van der Waals surface area contributed by atoms with E-state index in [1.54, 1.807) is 56.4 Å². The Bertz CT molecular complexity index is 1020. The molecule has 0 atom stereocenters. The molecule has 0 aliphatic carbocycles. The SMILES string of the molecule is C.CCN(C(=O)c1c(O)n(C)c2cccc(Cl)c2c1=O)c1ccccc1.Cl.Cl. The third-order valence-electron chi connectivity index (χ3n) is 4.19. The normalized spacial score (nSPS) is 9.68. The zero-order chi connectivity index (χ0) is 18.1. The van der Waals surface area contributed by atoms with E-state index in [4.69, 9.17) is 11.6 Å². The van der Waals surface area contributed by atoms with Crippen LogP contribution in [0.1, 0.15) is 24.7 Å². The molecule has 0 bridgehead atoms. The van der Waals surface area contributed by atoms with Crippen molar-refractivity contribution in [3.63, 3.8) is 0 Å². The van der Waals surface area contributed by atoms with E-state index < -0.39 is 11.3 Å². The van der Waals surface area contributed by atoms with E-state index in [9.17, 15) is 14.7 Å². The minimum Gasteiger partial charge on any atom is -0.494 e. The van der Waals surface area contributed by atoms with E-state index in [2.05, 4.69) is 0 Å². The highest BCUT2D eigenvalue weighted by Crippen LogP contribution is 2.27. The van der Waals surface area contributed by atoms with E-state index in [0.717, 1.165) is 0 Å². The fourth-order valence-corrected chi connectivity index (χ4v) is 3.16. The van der Waals surface area contributed by atoms with Gasteiger partial charge in [-0.05, 0) is 31.2 Å². The summed E-state index contributed by atoms with van der Waals surface area (Å²) in [5.74, 6) is -0.937. The summed E-state index contributed by atoms with van der Waals surface area (Å²) in [5, 5.41) is 11.0. The summed E-state index contributed by atoms with van der Waals surface area (Å²) in [5.41, 5.74) is 0.259. The Labute approximate surface area is 181 Å². The van der Waals surface area contributed by atoms with Crippen molar-refractivity contribution in [2.45, 2.75) is 14.4 Å². The largest absolute Gasteiger partial charge is 0.494 e. The minimum absolute atomic E-state index is 0. The predicted octanol–water partition coefficient (Wildman–Crippen LogP) is 5.04. The third-order valence-corrected chi connectivity index (χ3v) is 4.51. The monoisotopic (exact) mass is 444 g/mol. The van der Waals surface area contributed by atoms with Gasteiger partial charge in [0.2, 0.25) is 11.3 Å². The predicted molar refractivity (Wildman–Crippen MR) is 121 cm³/mol. The number of amides is 1. The summed E-state index contributed by atoms with van der Waals surface area (Å²) in [4.78, 5) is 27.4. The van der Waals surface area contributed by atoms with Gasteiger partial charge < -0.3 is 14.6 Å². The van der Waals surface area contributed by atoms with Crippen LogP contribution in [0.25, 0.3) is 10.9 Å². The second-order valence-corrected chi connectivity index (χ2v) is 6.01. The Balaban J connectivity index is 0.00000243. The van der Waals surface area contributed by atoms with Crippen LogP contribution in [0.15, 0.2) is 53.3 Å².